The summed E-state index contributed by atoms with van der Waals surface area (Å²) in [6.45, 7) is 3.30. The third kappa shape index (κ3) is 4.37. The Morgan fingerprint density at radius 2 is 1.97 bits per heavy atom. The fourth-order valence-corrected chi connectivity index (χ4v) is 3.36. The summed E-state index contributed by atoms with van der Waals surface area (Å²) >= 11 is 0. The SMILES string of the molecule is Cc1cc(C(F)(F)F)nn1C(C)C(=O)N1CCCC(=Nc2ccc(F)cc2)C1=CN. The molecule has 2 aromatic rings. The zero-order chi connectivity index (χ0) is 22.1. The van der Waals surface area contributed by atoms with Gasteiger partial charge in [0.15, 0.2) is 5.69 Å². The molecule has 1 aliphatic heterocycles. The first-order valence-corrected chi connectivity index (χ1v) is 9.32. The number of amides is 1. The third-order valence-corrected chi connectivity index (χ3v) is 4.83. The Bertz CT molecular complexity index is 992. The van der Waals surface area contributed by atoms with Crippen molar-refractivity contribution in [2.45, 2.75) is 38.9 Å². The number of aromatic nitrogens is 2. The van der Waals surface area contributed by atoms with Gasteiger partial charge in [0.1, 0.15) is 11.9 Å². The van der Waals surface area contributed by atoms with Gasteiger partial charge < -0.3 is 10.6 Å². The molecule has 1 aromatic heterocycles. The molecule has 2 N–H and O–H groups in total. The summed E-state index contributed by atoms with van der Waals surface area (Å²) in [6.07, 6.45) is -2.19. The van der Waals surface area contributed by atoms with Crippen LogP contribution in [0.15, 0.2) is 47.2 Å². The summed E-state index contributed by atoms with van der Waals surface area (Å²) in [7, 11) is 0. The van der Waals surface area contributed by atoms with Crippen molar-refractivity contribution in [3.05, 3.63) is 59.4 Å². The lowest BCUT2D eigenvalue weighted by molar-refractivity contribution is -0.142. The molecule has 1 unspecified atom stereocenters. The molecule has 3 rings (SSSR count). The van der Waals surface area contributed by atoms with Crippen LogP contribution in [0.1, 0.15) is 37.2 Å². The highest BCUT2D eigenvalue weighted by Gasteiger charge is 2.36. The Balaban J connectivity index is 1.88. The zero-order valence-electron chi connectivity index (χ0n) is 16.4. The molecule has 0 spiro atoms. The predicted octanol–water partition coefficient (Wildman–Crippen LogP) is 4.11. The van der Waals surface area contributed by atoms with Crippen molar-refractivity contribution in [3.63, 3.8) is 0 Å². The van der Waals surface area contributed by atoms with Gasteiger partial charge in [0.25, 0.3) is 5.91 Å². The highest BCUT2D eigenvalue weighted by atomic mass is 19.4. The number of hydrogen-bond donors (Lipinski definition) is 1. The van der Waals surface area contributed by atoms with Gasteiger partial charge in [-0.3, -0.25) is 14.5 Å². The summed E-state index contributed by atoms with van der Waals surface area (Å²) in [5.74, 6) is -0.839. The molecular weight excluding hydrogens is 402 g/mol. The van der Waals surface area contributed by atoms with Crippen LogP contribution in [0.2, 0.25) is 0 Å². The van der Waals surface area contributed by atoms with Crippen molar-refractivity contribution >= 4 is 17.3 Å². The monoisotopic (exact) mass is 423 g/mol. The number of benzene rings is 1. The lowest BCUT2D eigenvalue weighted by Crippen LogP contribution is -2.42. The number of aliphatic imine (C=N–C) groups is 1. The van der Waals surface area contributed by atoms with E-state index < -0.39 is 29.6 Å². The molecule has 0 radical (unpaired) electrons. The van der Waals surface area contributed by atoms with E-state index >= 15 is 0 Å². The minimum atomic E-state index is -4.60. The molecule has 1 fully saturated rings. The molecule has 0 aliphatic carbocycles. The molecule has 1 amide bonds. The number of nitrogens with zero attached hydrogens (tertiary/aromatic N) is 4. The highest BCUT2D eigenvalue weighted by Crippen LogP contribution is 2.30. The molecule has 160 valence electrons. The smallest absolute Gasteiger partial charge is 0.403 e. The van der Waals surface area contributed by atoms with E-state index in [2.05, 4.69) is 10.1 Å². The number of hydrogen-bond acceptors (Lipinski definition) is 4. The standard InChI is InChI=1S/C20H21F4N5O/c1-12-10-18(20(22,23)24)27-29(12)13(2)19(30)28-9-3-4-16(17(28)11-25)26-15-7-5-14(21)6-8-15/h5-8,10-11,13H,3-4,9,25H2,1-2H3. The molecule has 1 atom stereocenters. The van der Waals surface area contributed by atoms with Crippen LogP contribution in [0.5, 0.6) is 0 Å². The van der Waals surface area contributed by atoms with Gasteiger partial charge in [-0.2, -0.15) is 18.3 Å². The highest BCUT2D eigenvalue weighted by molar-refractivity contribution is 6.05. The Kier molecular flexibility index (Phi) is 5.95. The lowest BCUT2D eigenvalue weighted by Gasteiger charge is -2.32. The van der Waals surface area contributed by atoms with Crippen LogP contribution < -0.4 is 5.73 Å². The van der Waals surface area contributed by atoms with E-state index in [0.29, 0.717) is 36.5 Å². The van der Waals surface area contributed by atoms with Crippen LogP contribution in [0, 0.1) is 12.7 Å². The number of nitrogens with two attached hydrogens (primary N) is 1. The third-order valence-electron chi connectivity index (χ3n) is 4.83. The van der Waals surface area contributed by atoms with Crippen molar-refractivity contribution in [3.8, 4) is 0 Å². The van der Waals surface area contributed by atoms with E-state index in [0.717, 1.165) is 10.7 Å². The Hall–Kier alpha value is -3.17. The van der Waals surface area contributed by atoms with Gasteiger partial charge in [-0.25, -0.2) is 4.39 Å². The van der Waals surface area contributed by atoms with Crippen molar-refractivity contribution in [2.24, 2.45) is 10.7 Å². The topological polar surface area (TPSA) is 76.5 Å². The van der Waals surface area contributed by atoms with E-state index in [1.54, 1.807) is 0 Å². The second-order valence-corrected chi connectivity index (χ2v) is 6.97. The normalized spacial score (nSPS) is 18.8. The first-order chi connectivity index (χ1) is 14.1. The quantitative estimate of drug-likeness (QED) is 0.755. The zero-order valence-corrected chi connectivity index (χ0v) is 16.4. The van der Waals surface area contributed by atoms with Crippen LogP contribution >= 0.6 is 0 Å². The summed E-state index contributed by atoms with van der Waals surface area (Å²) in [6, 6.07) is 5.50. The van der Waals surface area contributed by atoms with Gasteiger partial charge in [-0.1, -0.05) is 0 Å². The van der Waals surface area contributed by atoms with Crippen LogP contribution in [-0.4, -0.2) is 32.8 Å². The molecule has 1 aromatic carbocycles. The maximum atomic E-state index is 13.1. The second-order valence-electron chi connectivity index (χ2n) is 6.97. The Morgan fingerprint density at radius 3 is 2.53 bits per heavy atom. The summed E-state index contributed by atoms with van der Waals surface area (Å²) < 4.78 is 53.1. The van der Waals surface area contributed by atoms with Crippen molar-refractivity contribution in [1.29, 1.82) is 0 Å². The van der Waals surface area contributed by atoms with Crippen molar-refractivity contribution < 1.29 is 22.4 Å². The van der Waals surface area contributed by atoms with E-state index in [1.165, 1.54) is 49.2 Å². The second kappa shape index (κ2) is 8.29. The van der Waals surface area contributed by atoms with Crippen LogP contribution in [0.4, 0.5) is 23.2 Å². The van der Waals surface area contributed by atoms with E-state index in [-0.39, 0.29) is 5.69 Å². The fourth-order valence-electron chi connectivity index (χ4n) is 3.36. The number of aryl methyl sites for hydroxylation is 1. The molecular formula is C20H21F4N5O. The Labute approximate surface area is 170 Å². The van der Waals surface area contributed by atoms with Crippen molar-refractivity contribution in [2.75, 3.05) is 6.54 Å². The molecule has 0 saturated carbocycles. The number of carbonyl (C=O) groups is 1. The van der Waals surface area contributed by atoms with Gasteiger partial charge >= 0.3 is 6.18 Å². The molecule has 0 bridgehead atoms. The molecule has 10 heteroatoms. The number of carbonyl (C=O) groups excluding carboxylic acids is 1. The fraction of sp³-hybridized carbons (Fsp3) is 0.350. The molecule has 2 heterocycles. The minimum absolute atomic E-state index is 0.221. The average Bonchev–Trinajstić information content (AvgIpc) is 3.10. The number of alkyl halides is 3. The average molecular weight is 423 g/mol. The van der Waals surface area contributed by atoms with Gasteiger partial charge in [0.05, 0.1) is 17.1 Å². The van der Waals surface area contributed by atoms with Gasteiger partial charge in [0.2, 0.25) is 0 Å². The van der Waals surface area contributed by atoms with Gasteiger partial charge in [0, 0.05) is 18.4 Å². The maximum Gasteiger partial charge on any atom is 0.435 e. The van der Waals surface area contributed by atoms with Gasteiger partial charge in [-0.15, -0.1) is 0 Å². The molecule has 1 aliphatic rings. The van der Waals surface area contributed by atoms with Gasteiger partial charge in [-0.05, 0) is 57.0 Å². The lowest BCUT2D eigenvalue weighted by atomic mass is 10.0. The first kappa shape index (κ1) is 21.5. The van der Waals surface area contributed by atoms with E-state index in [9.17, 15) is 22.4 Å². The number of halogens is 4. The van der Waals surface area contributed by atoms with Crippen LogP contribution in [-0.2, 0) is 11.0 Å². The predicted molar refractivity (Wildman–Crippen MR) is 103 cm³/mol. The summed E-state index contributed by atoms with van der Waals surface area (Å²) in [5.41, 5.74) is 6.36. The Morgan fingerprint density at radius 1 is 1.30 bits per heavy atom. The largest absolute Gasteiger partial charge is 0.435 e. The maximum absolute atomic E-state index is 13.1. The van der Waals surface area contributed by atoms with E-state index in [4.69, 9.17) is 5.73 Å². The van der Waals surface area contributed by atoms with E-state index in [1.807, 2.05) is 0 Å². The first-order valence-electron chi connectivity index (χ1n) is 9.32. The molecule has 6 nitrogen and oxygen atoms in total. The summed E-state index contributed by atoms with van der Waals surface area (Å²) in [4.78, 5) is 19.0. The molecule has 30 heavy (non-hydrogen) atoms. The van der Waals surface area contributed by atoms with Crippen LogP contribution in [0.25, 0.3) is 0 Å². The van der Waals surface area contributed by atoms with Crippen LogP contribution in [0.3, 0.4) is 0 Å². The summed E-state index contributed by atoms with van der Waals surface area (Å²) in [5, 5.41) is 3.57. The molecule has 1 saturated heterocycles. The number of allylic oxidation sites excluding steroid dienone is 1. The minimum Gasteiger partial charge on any atom is -0.403 e. The number of piperidine rings is 1. The van der Waals surface area contributed by atoms with Crippen molar-refractivity contribution in [1.82, 2.24) is 14.7 Å². The number of rotatable bonds is 3. The number of likely N-dealkylation sites (tertiary alicyclic amines) is 1.